The topological polar surface area (TPSA) is 86.4 Å². The van der Waals surface area contributed by atoms with Crippen LogP contribution >= 0.6 is 11.3 Å². The maximum absolute atomic E-state index is 8.89. The molecular weight excluding hydrogens is 667 g/mol. The fourth-order valence-electron chi connectivity index (χ4n) is 7.33. The summed E-state index contributed by atoms with van der Waals surface area (Å²) in [5.74, 6) is 0.640. The number of fused-ring (bicyclic) bond motifs is 6. The number of aromatic nitrogens is 3. The minimum absolute atomic E-state index is 0.188. The van der Waals surface area contributed by atoms with E-state index >= 15 is 0 Å². The summed E-state index contributed by atoms with van der Waals surface area (Å²) in [7, 11) is 0. The molecule has 0 saturated carbocycles. The molecule has 6 aromatic carbocycles. The van der Waals surface area contributed by atoms with Crippen LogP contribution in [0.2, 0.25) is 0 Å². The Morgan fingerprint density at radius 1 is 0.472 bits per heavy atom. The summed E-state index contributed by atoms with van der Waals surface area (Å²) < 4.78 is 2.59. The van der Waals surface area contributed by atoms with Crippen molar-refractivity contribution in [3.8, 4) is 56.3 Å². The van der Waals surface area contributed by atoms with Crippen LogP contribution in [0.3, 0.4) is 0 Å². The average molecular weight is 696 g/mol. The molecule has 0 radical (unpaired) electrons. The number of nitrogens with zero attached hydrogens (tertiary/aromatic N) is 3. The summed E-state index contributed by atoms with van der Waals surface area (Å²) in [5, 5.41) is 20.7. The second-order valence-corrected chi connectivity index (χ2v) is 14.2. The summed E-state index contributed by atoms with van der Waals surface area (Å²) in [6.45, 7) is 0. The number of hydrogen-bond acceptors (Lipinski definition) is 6. The molecule has 1 aliphatic rings. The van der Waals surface area contributed by atoms with Crippen LogP contribution in [0.5, 0.6) is 0 Å². The molecule has 0 fully saturated rings. The third-order valence-corrected chi connectivity index (χ3v) is 11.2. The third kappa shape index (κ3) is 5.27. The van der Waals surface area contributed by atoms with Gasteiger partial charge in [0.2, 0.25) is 0 Å². The van der Waals surface area contributed by atoms with Crippen molar-refractivity contribution in [1.82, 2.24) is 15.0 Å². The number of nitrogens with one attached hydrogen (secondary N) is 2. The molecule has 3 heterocycles. The minimum atomic E-state index is 0.188. The van der Waals surface area contributed by atoms with Crippen molar-refractivity contribution in [3.05, 3.63) is 169 Å². The fraction of sp³-hybridized carbons (Fsp3) is 0. The molecule has 5 nitrogen and oxygen atoms in total. The molecule has 0 amide bonds. The van der Waals surface area contributed by atoms with Gasteiger partial charge in [0.25, 0.3) is 0 Å². The molecule has 9 aromatic rings. The molecule has 0 atom stereocenters. The van der Waals surface area contributed by atoms with E-state index in [0.717, 1.165) is 66.9 Å². The smallest absolute Gasteiger partial charge is 0.160 e. The first-order valence-electron chi connectivity index (χ1n) is 17.4. The minimum Gasteiger partial charge on any atom is -0.299 e. The van der Waals surface area contributed by atoms with Crippen LogP contribution in [0, 0.1) is 10.8 Å². The first-order chi connectivity index (χ1) is 26.1. The van der Waals surface area contributed by atoms with E-state index in [-0.39, 0.29) is 11.4 Å². The van der Waals surface area contributed by atoms with Gasteiger partial charge in [-0.05, 0) is 41.5 Å². The van der Waals surface area contributed by atoms with Gasteiger partial charge in [0.05, 0.1) is 34.0 Å². The normalized spacial score (nSPS) is 12.5. The molecule has 0 bridgehead atoms. The molecule has 248 valence electrons. The van der Waals surface area contributed by atoms with Crippen molar-refractivity contribution in [2.45, 2.75) is 0 Å². The van der Waals surface area contributed by atoms with E-state index in [1.54, 1.807) is 6.08 Å². The lowest BCUT2D eigenvalue weighted by Crippen LogP contribution is -2.17. The van der Waals surface area contributed by atoms with Gasteiger partial charge in [0, 0.05) is 58.9 Å². The number of allylic oxidation sites excluding steroid dienone is 1. The van der Waals surface area contributed by atoms with Crippen LogP contribution in [0.15, 0.2) is 158 Å². The summed E-state index contributed by atoms with van der Waals surface area (Å²) in [6.07, 6.45) is 3.60. The van der Waals surface area contributed by atoms with Gasteiger partial charge in [-0.15, -0.1) is 11.3 Å². The van der Waals surface area contributed by atoms with Crippen molar-refractivity contribution in [1.29, 1.82) is 10.8 Å². The predicted octanol–water partition coefficient (Wildman–Crippen LogP) is 12.1. The summed E-state index contributed by atoms with van der Waals surface area (Å²) in [4.78, 5) is 15.4. The Hall–Kier alpha value is -6.89. The highest BCUT2D eigenvalue weighted by Crippen LogP contribution is 2.41. The molecule has 53 heavy (non-hydrogen) atoms. The molecule has 2 N–H and O–H groups in total. The Morgan fingerprint density at radius 3 is 1.92 bits per heavy atom. The van der Waals surface area contributed by atoms with Crippen molar-refractivity contribution >= 4 is 59.9 Å². The highest BCUT2D eigenvalue weighted by molar-refractivity contribution is 7.26. The second-order valence-electron chi connectivity index (χ2n) is 13.2. The van der Waals surface area contributed by atoms with Gasteiger partial charge in [-0.25, -0.2) is 15.0 Å². The standard InChI is InChI=1S/C47H29N5S/c48-38-25-24-37-43(44(38)49)36-23-22-32(26-41(36)50-45(37)30-10-3-1-4-11-30)40-27-39(51-47(52-40)31-12-5-2-6-13-31)29-20-18-28(19-21-29)33-15-9-16-35-34-14-7-8-17-42(34)53-46(33)35/h1-27,48-49H. The lowest BCUT2D eigenvalue weighted by atomic mass is 9.87. The SMILES string of the molecule is N=C1C=Cc2c(-c3ccccc3)nc3cc(-c4cc(-c5ccc(-c6cccc7c6sc6ccccc67)cc5)nc(-c5ccccc5)n4)ccc3c2C1=N. The summed E-state index contributed by atoms with van der Waals surface area (Å²) in [5.41, 5.74) is 11.3. The average Bonchev–Trinajstić information content (AvgIpc) is 3.61. The number of thiophene rings is 1. The lowest BCUT2D eigenvalue weighted by molar-refractivity contribution is 1.18. The maximum Gasteiger partial charge on any atom is 0.160 e. The quantitative estimate of drug-likeness (QED) is 0.188. The highest BCUT2D eigenvalue weighted by atomic mass is 32.1. The van der Waals surface area contributed by atoms with E-state index in [1.807, 2.05) is 102 Å². The van der Waals surface area contributed by atoms with Crippen molar-refractivity contribution in [3.63, 3.8) is 0 Å². The number of rotatable bonds is 5. The second kappa shape index (κ2) is 12.4. The molecule has 0 unspecified atom stereocenters. The van der Waals surface area contributed by atoms with E-state index in [0.29, 0.717) is 5.82 Å². The Kier molecular flexibility index (Phi) is 7.23. The van der Waals surface area contributed by atoms with E-state index in [9.17, 15) is 0 Å². The van der Waals surface area contributed by atoms with Crippen LogP contribution < -0.4 is 0 Å². The van der Waals surface area contributed by atoms with Gasteiger partial charge in [-0.3, -0.25) is 10.8 Å². The zero-order valence-electron chi connectivity index (χ0n) is 28.3. The van der Waals surface area contributed by atoms with E-state index < -0.39 is 0 Å². The number of hydrogen-bond donors (Lipinski definition) is 2. The fourth-order valence-corrected chi connectivity index (χ4v) is 8.56. The summed E-state index contributed by atoms with van der Waals surface area (Å²) >= 11 is 1.84. The molecule has 0 spiro atoms. The molecule has 0 aliphatic heterocycles. The van der Waals surface area contributed by atoms with E-state index in [1.165, 1.54) is 25.7 Å². The van der Waals surface area contributed by atoms with Crippen LogP contribution in [-0.2, 0) is 0 Å². The molecule has 0 saturated heterocycles. The van der Waals surface area contributed by atoms with E-state index in [4.69, 9.17) is 25.8 Å². The van der Waals surface area contributed by atoms with Crippen LogP contribution in [0.25, 0.3) is 93.4 Å². The lowest BCUT2D eigenvalue weighted by Gasteiger charge is -2.19. The first kappa shape index (κ1) is 30.9. The maximum atomic E-state index is 8.89. The van der Waals surface area contributed by atoms with Gasteiger partial charge < -0.3 is 0 Å². The van der Waals surface area contributed by atoms with Crippen LogP contribution in [0.4, 0.5) is 0 Å². The zero-order chi connectivity index (χ0) is 35.5. The number of pyridine rings is 1. The Labute approximate surface area is 309 Å². The van der Waals surface area contributed by atoms with Crippen LogP contribution in [0.1, 0.15) is 11.1 Å². The Morgan fingerprint density at radius 2 is 1.13 bits per heavy atom. The van der Waals surface area contributed by atoms with Crippen LogP contribution in [-0.4, -0.2) is 26.4 Å². The van der Waals surface area contributed by atoms with Gasteiger partial charge in [0.1, 0.15) is 0 Å². The first-order valence-corrected chi connectivity index (χ1v) is 18.3. The van der Waals surface area contributed by atoms with Gasteiger partial charge in [-0.2, -0.15) is 0 Å². The zero-order valence-corrected chi connectivity index (χ0v) is 29.2. The van der Waals surface area contributed by atoms with Crippen molar-refractivity contribution in [2.24, 2.45) is 0 Å². The van der Waals surface area contributed by atoms with Crippen molar-refractivity contribution < 1.29 is 0 Å². The number of benzene rings is 6. The van der Waals surface area contributed by atoms with Gasteiger partial charge in [-0.1, -0.05) is 133 Å². The van der Waals surface area contributed by atoms with E-state index in [2.05, 4.69) is 66.7 Å². The molecule has 6 heteroatoms. The van der Waals surface area contributed by atoms with Crippen molar-refractivity contribution in [2.75, 3.05) is 0 Å². The third-order valence-electron chi connectivity index (χ3n) is 9.96. The predicted molar refractivity (Wildman–Crippen MR) is 221 cm³/mol. The molecule has 10 rings (SSSR count). The monoisotopic (exact) mass is 695 g/mol. The summed E-state index contributed by atoms with van der Waals surface area (Å²) in [6, 6.07) is 52.1. The van der Waals surface area contributed by atoms with Gasteiger partial charge >= 0.3 is 0 Å². The molecular formula is C47H29N5S. The largest absolute Gasteiger partial charge is 0.299 e. The Bertz CT molecular complexity index is 2960. The molecule has 3 aromatic heterocycles. The highest BCUT2D eigenvalue weighted by Gasteiger charge is 2.23. The molecule has 1 aliphatic carbocycles. The Balaban J connectivity index is 1.11. The van der Waals surface area contributed by atoms with Gasteiger partial charge in [0.15, 0.2) is 5.82 Å².